The molecule has 6 nitrogen and oxygen atoms in total. The van der Waals surface area contributed by atoms with E-state index in [1.165, 1.54) is 6.07 Å². The maximum Gasteiger partial charge on any atom is 0.417 e. The first-order valence-electron chi connectivity index (χ1n) is 8.14. The molecule has 1 aliphatic heterocycles. The highest BCUT2D eigenvalue weighted by molar-refractivity contribution is 5.97. The summed E-state index contributed by atoms with van der Waals surface area (Å²) in [5, 5.41) is 3.20. The second-order valence-corrected chi connectivity index (χ2v) is 6.10. The van der Waals surface area contributed by atoms with Gasteiger partial charge in [0.05, 0.1) is 11.1 Å². The van der Waals surface area contributed by atoms with Crippen LogP contribution in [-0.4, -0.2) is 35.0 Å². The van der Waals surface area contributed by atoms with E-state index in [0.29, 0.717) is 30.3 Å². The number of rotatable bonds is 4. The van der Waals surface area contributed by atoms with Crippen molar-refractivity contribution < 1.29 is 18.0 Å². The van der Waals surface area contributed by atoms with E-state index in [9.17, 15) is 18.0 Å². The van der Waals surface area contributed by atoms with E-state index in [1.807, 2.05) is 4.90 Å². The first kappa shape index (κ1) is 18.0. The number of piperidine rings is 1. The molecule has 138 valence electrons. The zero-order chi connectivity index (χ0) is 18.7. The standard InChI is InChI=1S/C17H18F3N5O/c18-17(19,20)11-5-6-14(23-9-11)25-8-2-3-12(10-25)24-16-13(15(21)26)4-1-7-22-16/h1,4-7,9,12H,2-3,8,10H2,(H2,21,26)(H,22,24)/t12-/m1/s1. The number of aromatic nitrogens is 2. The summed E-state index contributed by atoms with van der Waals surface area (Å²) >= 11 is 0. The summed E-state index contributed by atoms with van der Waals surface area (Å²) in [4.78, 5) is 21.5. The number of carbonyl (C=O) groups excluding carboxylic acids is 1. The fourth-order valence-corrected chi connectivity index (χ4v) is 2.96. The number of amides is 1. The molecule has 2 aromatic rings. The van der Waals surface area contributed by atoms with Gasteiger partial charge in [-0.25, -0.2) is 9.97 Å². The van der Waals surface area contributed by atoms with Gasteiger partial charge in [-0.15, -0.1) is 0 Å². The number of halogens is 3. The number of nitrogens with zero attached hydrogens (tertiary/aromatic N) is 3. The number of hydrogen-bond donors (Lipinski definition) is 2. The predicted molar refractivity (Wildman–Crippen MR) is 90.9 cm³/mol. The van der Waals surface area contributed by atoms with Gasteiger partial charge in [0.25, 0.3) is 5.91 Å². The van der Waals surface area contributed by atoms with E-state index in [4.69, 9.17) is 5.73 Å². The highest BCUT2D eigenvalue weighted by atomic mass is 19.4. The minimum absolute atomic E-state index is 0.0270. The highest BCUT2D eigenvalue weighted by Crippen LogP contribution is 2.30. The van der Waals surface area contributed by atoms with Gasteiger partial charge in [-0.05, 0) is 37.1 Å². The predicted octanol–water partition coefficient (Wildman–Crippen LogP) is 2.68. The summed E-state index contributed by atoms with van der Waals surface area (Å²) in [5.41, 5.74) is 4.89. The topological polar surface area (TPSA) is 84.1 Å². The van der Waals surface area contributed by atoms with Gasteiger partial charge in [-0.2, -0.15) is 13.2 Å². The van der Waals surface area contributed by atoms with E-state index in [2.05, 4.69) is 15.3 Å². The monoisotopic (exact) mass is 365 g/mol. The molecule has 1 amide bonds. The molecule has 0 spiro atoms. The van der Waals surface area contributed by atoms with Gasteiger partial charge in [0.15, 0.2) is 0 Å². The molecular formula is C17H18F3N5O. The van der Waals surface area contributed by atoms with Crippen molar-refractivity contribution >= 4 is 17.5 Å². The van der Waals surface area contributed by atoms with Crippen LogP contribution < -0.4 is 16.0 Å². The average Bonchev–Trinajstić information content (AvgIpc) is 2.62. The van der Waals surface area contributed by atoms with Crippen LogP contribution >= 0.6 is 0 Å². The lowest BCUT2D eigenvalue weighted by molar-refractivity contribution is -0.137. The number of primary amides is 1. The Morgan fingerprint density at radius 2 is 2.08 bits per heavy atom. The van der Waals surface area contributed by atoms with Crippen molar-refractivity contribution in [2.24, 2.45) is 5.73 Å². The summed E-state index contributed by atoms with van der Waals surface area (Å²) in [5.74, 6) is 0.325. The zero-order valence-corrected chi connectivity index (χ0v) is 13.8. The fourth-order valence-electron chi connectivity index (χ4n) is 2.96. The van der Waals surface area contributed by atoms with Gasteiger partial charge >= 0.3 is 6.18 Å². The van der Waals surface area contributed by atoms with Crippen molar-refractivity contribution in [2.45, 2.75) is 25.1 Å². The Balaban J connectivity index is 1.71. The number of hydrogen-bond acceptors (Lipinski definition) is 5. The lowest BCUT2D eigenvalue weighted by atomic mass is 10.1. The van der Waals surface area contributed by atoms with Crippen molar-refractivity contribution in [3.05, 3.63) is 47.8 Å². The Morgan fingerprint density at radius 1 is 1.27 bits per heavy atom. The molecule has 0 radical (unpaired) electrons. The Hall–Kier alpha value is -2.84. The lowest BCUT2D eigenvalue weighted by Gasteiger charge is -2.34. The largest absolute Gasteiger partial charge is 0.417 e. The van der Waals surface area contributed by atoms with E-state index in [0.717, 1.165) is 25.1 Å². The van der Waals surface area contributed by atoms with Crippen molar-refractivity contribution in [2.75, 3.05) is 23.3 Å². The van der Waals surface area contributed by atoms with Crippen molar-refractivity contribution in [3.63, 3.8) is 0 Å². The van der Waals surface area contributed by atoms with Crippen molar-refractivity contribution in [1.82, 2.24) is 9.97 Å². The molecule has 1 fully saturated rings. The number of alkyl halides is 3. The van der Waals surface area contributed by atoms with Crippen LogP contribution in [0, 0.1) is 0 Å². The van der Waals surface area contributed by atoms with E-state index in [1.54, 1.807) is 18.3 Å². The molecule has 3 rings (SSSR count). The van der Waals surface area contributed by atoms with E-state index >= 15 is 0 Å². The summed E-state index contributed by atoms with van der Waals surface area (Å²) in [6.45, 7) is 1.23. The maximum atomic E-state index is 12.7. The lowest BCUT2D eigenvalue weighted by Crippen LogP contribution is -2.43. The Morgan fingerprint density at radius 3 is 2.73 bits per heavy atom. The van der Waals surface area contributed by atoms with Gasteiger partial charge in [0.2, 0.25) is 0 Å². The molecule has 0 unspecified atom stereocenters. The van der Waals surface area contributed by atoms with Crippen LogP contribution in [0.1, 0.15) is 28.8 Å². The molecule has 2 aromatic heterocycles. The summed E-state index contributed by atoms with van der Waals surface area (Å²) in [6.07, 6.45) is -0.324. The summed E-state index contributed by atoms with van der Waals surface area (Å²) in [6, 6.07) is 5.60. The molecule has 3 N–H and O–H groups in total. The Labute approximate surface area is 148 Å². The maximum absolute atomic E-state index is 12.7. The minimum atomic E-state index is -4.40. The van der Waals surface area contributed by atoms with Crippen LogP contribution in [0.4, 0.5) is 24.8 Å². The number of nitrogens with one attached hydrogen (secondary N) is 1. The minimum Gasteiger partial charge on any atom is -0.365 e. The smallest absolute Gasteiger partial charge is 0.365 e. The number of carbonyl (C=O) groups is 1. The van der Waals surface area contributed by atoms with Crippen molar-refractivity contribution in [1.29, 1.82) is 0 Å². The molecule has 1 aliphatic rings. The first-order valence-corrected chi connectivity index (χ1v) is 8.14. The van der Waals surface area contributed by atoms with Crippen LogP contribution in [0.2, 0.25) is 0 Å². The third-order valence-corrected chi connectivity index (χ3v) is 4.23. The molecule has 0 bridgehead atoms. The van der Waals surface area contributed by atoms with Crippen LogP contribution in [0.25, 0.3) is 0 Å². The summed E-state index contributed by atoms with van der Waals surface area (Å²) < 4.78 is 38.0. The molecule has 0 saturated carbocycles. The average molecular weight is 365 g/mol. The third kappa shape index (κ3) is 4.04. The van der Waals surface area contributed by atoms with Crippen molar-refractivity contribution in [3.8, 4) is 0 Å². The molecule has 1 saturated heterocycles. The van der Waals surface area contributed by atoms with Gasteiger partial charge in [0.1, 0.15) is 11.6 Å². The van der Waals surface area contributed by atoms with Crippen LogP contribution in [0.15, 0.2) is 36.7 Å². The number of anilines is 2. The highest BCUT2D eigenvalue weighted by Gasteiger charge is 2.31. The molecule has 26 heavy (non-hydrogen) atoms. The Bertz CT molecular complexity index is 779. The molecule has 3 heterocycles. The quantitative estimate of drug-likeness (QED) is 0.870. The van der Waals surface area contributed by atoms with Crippen LogP contribution in [0.3, 0.4) is 0 Å². The van der Waals surface area contributed by atoms with E-state index < -0.39 is 17.6 Å². The van der Waals surface area contributed by atoms with Gasteiger partial charge in [0, 0.05) is 31.5 Å². The zero-order valence-electron chi connectivity index (χ0n) is 13.8. The normalized spacial score (nSPS) is 17.8. The molecule has 1 atom stereocenters. The Kier molecular flexibility index (Phi) is 4.97. The fraction of sp³-hybridized carbons (Fsp3) is 0.353. The third-order valence-electron chi connectivity index (χ3n) is 4.23. The van der Waals surface area contributed by atoms with Crippen LogP contribution in [0.5, 0.6) is 0 Å². The van der Waals surface area contributed by atoms with Gasteiger partial charge in [-0.1, -0.05) is 0 Å². The van der Waals surface area contributed by atoms with E-state index in [-0.39, 0.29) is 6.04 Å². The second-order valence-electron chi connectivity index (χ2n) is 6.10. The molecule has 0 aliphatic carbocycles. The SMILES string of the molecule is NC(=O)c1cccnc1N[C@@H]1CCCN(c2ccc(C(F)(F)F)cn2)C1. The molecule has 9 heteroatoms. The molecular weight excluding hydrogens is 347 g/mol. The number of pyridine rings is 2. The first-order chi connectivity index (χ1) is 12.3. The van der Waals surface area contributed by atoms with Crippen LogP contribution in [-0.2, 0) is 6.18 Å². The summed E-state index contributed by atoms with van der Waals surface area (Å²) in [7, 11) is 0. The van der Waals surface area contributed by atoms with Gasteiger partial charge in [-0.3, -0.25) is 4.79 Å². The number of nitrogens with two attached hydrogens (primary N) is 1. The molecule has 0 aromatic carbocycles. The second kappa shape index (κ2) is 7.19. The van der Waals surface area contributed by atoms with Gasteiger partial charge < -0.3 is 16.0 Å².